The SMILES string of the molecule is Cc1cccc2[nH]c(CN(C)C(=O)Cn3c(=O)oc4ccc(C(F)(F)F)cc43)nc12. The summed E-state index contributed by atoms with van der Waals surface area (Å²) in [5, 5.41) is 0. The summed E-state index contributed by atoms with van der Waals surface area (Å²) in [6.07, 6.45) is -4.58. The number of likely N-dealkylation sites (N-methyl/N-ethyl adjacent to an activating group) is 1. The number of halogens is 3. The molecule has 0 spiro atoms. The minimum absolute atomic E-state index is 0.0174. The van der Waals surface area contributed by atoms with Crippen LogP contribution in [0.25, 0.3) is 22.1 Å². The van der Waals surface area contributed by atoms with Gasteiger partial charge in [-0.1, -0.05) is 12.1 Å². The molecule has 0 unspecified atom stereocenters. The lowest BCUT2D eigenvalue weighted by Crippen LogP contribution is -2.32. The van der Waals surface area contributed by atoms with Gasteiger partial charge in [-0.2, -0.15) is 13.2 Å². The molecule has 0 bridgehead atoms. The van der Waals surface area contributed by atoms with Gasteiger partial charge in [-0.15, -0.1) is 0 Å². The van der Waals surface area contributed by atoms with E-state index in [1.165, 1.54) is 11.9 Å². The molecule has 4 rings (SSSR count). The van der Waals surface area contributed by atoms with Crippen molar-refractivity contribution in [1.29, 1.82) is 0 Å². The Kier molecular flexibility index (Phi) is 4.64. The van der Waals surface area contributed by atoms with Crippen molar-refractivity contribution in [2.75, 3.05) is 7.05 Å². The van der Waals surface area contributed by atoms with Crippen molar-refractivity contribution in [2.24, 2.45) is 0 Å². The summed E-state index contributed by atoms with van der Waals surface area (Å²) < 4.78 is 44.9. The van der Waals surface area contributed by atoms with Gasteiger partial charge in [0.25, 0.3) is 0 Å². The first-order chi connectivity index (χ1) is 14.1. The Bertz CT molecular complexity index is 1320. The van der Waals surface area contributed by atoms with Gasteiger partial charge < -0.3 is 14.3 Å². The van der Waals surface area contributed by atoms with E-state index in [1.807, 2.05) is 25.1 Å². The normalized spacial score (nSPS) is 12.0. The minimum Gasteiger partial charge on any atom is -0.408 e. The molecule has 0 atom stereocenters. The number of nitrogens with one attached hydrogen (secondary N) is 1. The summed E-state index contributed by atoms with van der Waals surface area (Å²) in [4.78, 5) is 33.7. The molecule has 0 aliphatic heterocycles. The van der Waals surface area contributed by atoms with Gasteiger partial charge in [0.1, 0.15) is 12.4 Å². The number of fused-ring (bicyclic) bond motifs is 2. The number of carbonyl (C=O) groups is 1. The molecular formula is C20H17F3N4O3. The zero-order valence-electron chi connectivity index (χ0n) is 16.1. The van der Waals surface area contributed by atoms with Crippen molar-refractivity contribution >= 4 is 28.0 Å². The first-order valence-corrected chi connectivity index (χ1v) is 9.02. The van der Waals surface area contributed by atoms with Crippen LogP contribution in [0.4, 0.5) is 13.2 Å². The number of oxazole rings is 1. The largest absolute Gasteiger partial charge is 0.420 e. The van der Waals surface area contributed by atoms with Gasteiger partial charge in [0.15, 0.2) is 5.58 Å². The van der Waals surface area contributed by atoms with Crippen molar-refractivity contribution in [3.63, 3.8) is 0 Å². The van der Waals surface area contributed by atoms with E-state index in [1.54, 1.807) is 0 Å². The van der Waals surface area contributed by atoms with Crippen LogP contribution in [-0.2, 0) is 24.1 Å². The average Bonchev–Trinajstić information content (AvgIpc) is 3.22. The maximum absolute atomic E-state index is 13.0. The number of amides is 1. The number of aryl methyl sites for hydroxylation is 1. The highest BCUT2D eigenvalue weighted by Gasteiger charge is 2.31. The molecule has 1 amide bonds. The number of H-pyrrole nitrogens is 1. The van der Waals surface area contributed by atoms with Gasteiger partial charge in [0.2, 0.25) is 5.91 Å². The van der Waals surface area contributed by atoms with E-state index in [0.717, 1.165) is 39.4 Å². The number of hydrogen-bond acceptors (Lipinski definition) is 4. The molecule has 4 aromatic rings. The van der Waals surface area contributed by atoms with Gasteiger partial charge in [-0.05, 0) is 36.8 Å². The van der Waals surface area contributed by atoms with Crippen molar-refractivity contribution < 1.29 is 22.4 Å². The predicted molar refractivity (Wildman–Crippen MR) is 103 cm³/mol. The van der Waals surface area contributed by atoms with Crippen LogP contribution in [0.2, 0.25) is 0 Å². The van der Waals surface area contributed by atoms with Gasteiger partial charge in [0.05, 0.1) is 28.7 Å². The summed E-state index contributed by atoms with van der Waals surface area (Å²) in [5.41, 5.74) is 1.59. The second-order valence-electron chi connectivity index (χ2n) is 7.04. The zero-order chi connectivity index (χ0) is 21.6. The van der Waals surface area contributed by atoms with Crippen LogP contribution in [0, 0.1) is 6.92 Å². The highest BCUT2D eigenvalue weighted by Crippen LogP contribution is 2.31. The third kappa shape index (κ3) is 3.56. The Balaban J connectivity index is 1.58. The van der Waals surface area contributed by atoms with Gasteiger partial charge in [-0.3, -0.25) is 9.36 Å². The number of aromatic amines is 1. The molecule has 1 N–H and O–H groups in total. The second-order valence-corrected chi connectivity index (χ2v) is 7.04. The number of imidazole rings is 1. The molecule has 0 aliphatic carbocycles. The smallest absolute Gasteiger partial charge is 0.408 e. The maximum Gasteiger partial charge on any atom is 0.420 e. The molecule has 156 valence electrons. The third-order valence-electron chi connectivity index (χ3n) is 4.86. The number of para-hydroxylation sites is 1. The molecule has 0 saturated heterocycles. The van der Waals surface area contributed by atoms with Crippen LogP contribution >= 0.6 is 0 Å². The summed E-state index contributed by atoms with van der Waals surface area (Å²) >= 11 is 0. The number of hydrogen-bond donors (Lipinski definition) is 1. The van der Waals surface area contributed by atoms with Crippen molar-refractivity contribution in [3.8, 4) is 0 Å². The maximum atomic E-state index is 13.0. The fraction of sp³-hybridized carbons (Fsp3) is 0.250. The highest BCUT2D eigenvalue weighted by atomic mass is 19.4. The Hall–Kier alpha value is -3.56. The van der Waals surface area contributed by atoms with E-state index in [4.69, 9.17) is 4.42 Å². The van der Waals surface area contributed by atoms with E-state index < -0.39 is 29.9 Å². The number of nitrogens with zero attached hydrogens (tertiary/aromatic N) is 3. The lowest BCUT2D eigenvalue weighted by molar-refractivity contribution is -0.137. The lowest BCUT2D eigenvalue weighted by atomic mass is 10.2. The Morgan fingerprint density at radius 1 is 1.27 bits per heavy atom. The quantitative estimate of drug-likeness (QED) is 0.550. The van der Waals surface area contributed by atoms with Gasteiger partial charge in [0, 0.05) is 7.05 Å². The van der Waals surface area contributed by atoms with Gasteiger partial charge in [-0.25, -0.2) is 9.78 Å². The van der Waals surface area contributed by atoms with Crippen LogP contribution in [0.5, 0.6) is 0 Å². The monoisotopic (exact) mass is 418 g/mol. The highest BCUT2D eigenvalue weighted by molar-refractivity contribution is 5.81. The molecule has 2 aromatic heterocycles. The number of benzene rings is 2. The summed E-state index contributed by atoms with van der Waals surface area (Å²) in [6.45, 7) is 1.61. The third-order valence-corrected chi connectivity index (χ3v) is 4.86. The molecule has 0 saturated carbocycles. The van der Waals surface area contributed by atoms with E-state index in [0.29, 0.717) is 5.82 Å². The van der Waals surface area contributed by atoms with Crippen molar-refractivity contribution in [3.05, 3.63) is 63.9 Å². The first-order valence-electron chi connectivity index (χ1n) is 9.02. The molecule has 2 heterocycles. The summed E-state index contributed by atoms with van der Waals surface area (Å²) in [5.74, 6) is -0.821. The first kappa shape index (κ1) is 19.7. The van der Waals surface area contributed by atoms with E-state index in [9.17, 15) is 22.8 Å². The standard InChI is InChI=1S/C20H17F3N4O3/c1-11-4-3-5-13-18(11)25-16(24-13)9-26(2)17(28)10-27-14-8-12(20(21,22)23)6-7-15(14)30-19(27)29/h3-8H,9-10H2,1-2H3,(H,24,25). The van der Waals surface area contributed by atoms with E-state index in [-0.39, 0.29) is 17.6 Å². The molecule has 7 nitrogen and oxygen atoms in total. The predicted octanol–water partition coefficient (Wildman–Crippen LogP) is 3.46. The second kappa shape index (κ2) is 7.05. The Morgan fingerprint density at radius 2 is 2.03 bits per heavy atom. The molecule has 10 heteroatoms. The number of alkyl halides is 3. The molecule has 0 aliphatic rings. The molecule has 0 fully saturated rings. The number of rotatable bonds is 4. The average molecular weight is 418 g/mol. The topological polar surface area (TPSA) is 84.1 Å². The van der Waals surface area contributed by atoms with E-state index >= 15 is 0 Å². The van der Waals surface area contributed by atoms with Crippen molar-refractivity contribution in [1.82, 2.24) is 19.4 Å². The minimum atomic E-state index is -4.58. The van der Waals surface area contributed by atoms with Crippen LogP contribution in [-0.4, -0.2) is 32.4 Å². The summed E-state index contributed by atoms with van der Waals surface area (Å²) in [7, 11) is 1.52. The Morgan fingerprint density at radius 3 is 2.73 bits per heavy atom. The molecule has 30 heavy (non-hydrogen) atoms. The molecule has 2 aromatic carbocycles. The Labute approximate surface area is 167 Å². The van der Waals surface area contributed by atoms with E-state index in [2.05, 4.69) is 9.97 Å². The summed E-state index contributed by atoms with van der Waals surface area (Å²) in [6, 6.07) is 8.38. The van der Waals surface area contributed by atoms with Crippen LogP contribution in [0.1, 0.15) is 17.0 Å². The zero-order valence-corrected chi connectivity index (χ0v) is 16.1. The fourth-order valence-electron chi connectivity index (χ4n) is 3.26. The molecular weight excluding hydrogens is 401 g/mol. The lowest BCUT2D eigenvalue weighted by Gasteiger charge is -2.16. The molecule has 0 radical (unpaired) electrons. The van der Waals surface area contributed by atoms with Crippen LogP contribution in [0.3, 0.4) is 0 Å². The fourth-order valence-corrected chi connectivity index (χ4v) is 3.26. The van der Waals surface area contributed by atoms with Crippen LogP contribution in [0.15, 0.2) is 45.6 Å². The number of carbonyl (C=O) groups excluding carboxylic acids is 1. The van der Waals surface area contributed by atoms with Crippen molar-refractivity contribution in [2.45, 2.75) is 26.2 Å². The van der Waals surface area contributed by atoms with Crippen LogP contribution < -0.4 is 5.76 Å². The number of aromatic nitrogens is 3. The van der Waals surface area contributed by atoms with Gasteiger partial charge >= 0.3 is 11.9 Å².